The second-order valence-electron chi connectivity index (χ2n) is 6.00. The second kappa shape index (κ2) is 9.36. The number of hydrogen-bond acceptors (Lipinski definition) is 4. The van der Waals surface area contributed by atoms with Gasteiger partial charge < -0.3 is 4.74 Å². The Balaban J connectivity index is 1.91. The Kier molecular flexibility index (Phi) is 7.17. The van der Waals surface area contributed by atoms with Crippen molar-refractivity contribution in [2.45, 2.75) is 38.5 Å². The fourth-order valence-electron chi connectivity index (χ4n) is 2.24. The Labute approximate surface area is 149 Å². The van der Waals surface area contributed by atoms with Crippen LogP contribution in [0.15, 0.2) is 48.5 Å². The van der Waals surface area contributed by atoms with Gasteiger partial charge in [0.25, 0.3) is 0 Å². The summed E-state index contributed by atoms with van der Waals surface area (Å²) in [7, 11) is 0. The highest BCUT2D eigenvalue weighted by Crippen LogP contribution is 2.23. The zero-order valence-corrected chi connectivity index (χ0v) is 15.3. The summed E-state index contributed by atoms with van der Waals surface area (Å²) in [4.78, 5) is 0. The summed E-state index contributed by atoms with van der Waals surface area (Å²) in [6, 6.07) is 18.4. The SMILES string of the molecule is CC(CNSC(C)C)Oc1ccc(-c2ccc(CC#N)cc2)cc1. The van der Waals surface area contributed by atoms with Crippen LogP contribution in [0.4, 0.5) is 0 Å². The fraction of sp³-hybridized carbons (Fsp3) is 0.350. The molecule has 0 aromatic heterocycles. The first-order chi connectivity index (χ1) is 11.6. The molecule has 0 bridgehead atoms. The van der Waals surface area contributed by atoms with E-state index in [-0.39, 0.29) is 6.10 Å². The lowest BCUT2D eigenvalue weighted by atomic mass is 10.0. The molecule has 4 heteroatoms. The number of nitriles is 1. The third-order valence-corrected chi connectivity index (χ3v) is 4.26. The van der Waals surface area contributed by atoms with Crippen LogP contribution in [0.3, 0.4) is 0 Å². The molecule has 1 unspecified atom stereocenters. The molecule has 2 rings (SSSR count). The van der Waals surface area contributed by atoms with E-state index in [4.69, 9.17) is 10.00 Å². The number of nitrogens with one attached hydrogen (secondary N) is 1. The van der Waals surface area contributed by atoms with Crippen LogP contribution < -0.4 is 9.46 Å². The molecule has 0 spiro atoms. The van der Waals surface area contributed by atoms with Gasteiger partial charge in [-0.1, -0.05) is 62.2 Å². The van der Waals surface area contributed by atoms with E-state index in [2.05, 4.69) is 55.8 Å². The summed E-state index contributed by atoms with van der Waals surface area (Å²) in [6.07, 6.45) is 0.570. The van der Waals surface area contributed by atoms with Crippen LogP contribution in [0.2, 0.25) is 0 Å². The highest BCUT2D eigenvalue weighted by atomic mass is 32.2. The Bertz CT molecular complexity index is 660. The van der Waals surface area contributed by atoms with E-state index < -0.39 is 0 Å². The maximum atomic E-state index is 8.72. The number of ether oxygens (including phenoxy) is 1. The van der Waals surface area contributed by atoms with Gasteiger partial charge in [-0.15, -0.1) is 0 Å². The molecule has 0 amide bonds. The molecular formula is C20H24N2OS. The third kappa shape index (κ3) is 5.92. The zero-order chi connectivity index (χ0) is 17.4. The Hall–Kier alpha value is -1.96. The predicted octanol–water partition coefficient (Wildman–Crippen LogP) is 4.83. The summed E-state index contributed by atoms with van der Waals surface area (Å²) in [5.41, 5.74) is 3.33. The smallest absolute Gasteiger partial charge is 0.119 e. The molecule has 0 saturated carbocycles. The topological polar surface area (TPSA) is 45.0 Å². The van der Waals surface area contributed by atoms with Crippen molar-refractivity contribution in [3.63, 3.8) is 0 Å². The van der Waals surface area contributed by atoms with Crippen molar-refractivity contribution in [1.82, 2.24) is 4.72 Å². The average molecular weight is 340 g/mol. The van der Waals surface area contributed by atoms with Gasteiger partial charge in [-0.25, -0.2) is 0 Å². The molecule has 3 nitrogen and oxygen atoms in total. The van der Waals surface area contributed by atoms with E-state index in [1.54, 1.807) is 11.9 Å². The molecule has 24 heavy (non-hydrogen) atoms. The molecule has 126 valence electrons. The zero-order valence-electron chi connectivity index (χ0n) is 14.5. The largest absolute Gasteiger partial charge is 0.489 e. The van der Waals surface area contributed by atoms with Crippen molar-refractivity contribution in [1.29, 1.82) is 5.26 Å². The van der Waals surface area contributed by atoms with E-state index in [0.29, 0.717) is 11.7 Å². The Morgan fingerprint density at radius 2 is 1.58 bits per heavy atom. The fourth-order valence-corrected chi connectivity index (χ4v) is 2.90. The van der Waals surface area contributed by atoms with Crippen molar-refractivity contribution in [3.05, 3.63) is 54.1 Å². The lowest BCUT2D eigenvalue weighted by Crippen LogP contribution is -2.25. The molecular weight excluding hydrogens is 316 g/mol. The summed E-state index contributed by atoms with van der Waals surface area (Å²) in [5.74, 6) is 0.878. The normalized spacial score (nSPS) is 12.0. The quantitative estimate of drug-likeness (QED) is 0.699. The maximum absolute atomic E-state index is 8.72. The average Bonchev–Trinajstić information content (AvgIpc) is 2.56. The Morgan fingerprint density at radius 1 is 1.00 bits per heavy atom. The van der Waals surface area contributed by atoms with Gasteiger partial charge in [-0.05, 0) is 35.7 Å². The molecule has 0 aliphatic rings. The first-order valence-corrected chi connectivity index (χ1v) is 9.08. The number of hydrogen-bond donors (Lipinski definition) is 1. The van der Waals surface area contributed by atoms with Gasteiger partial charge in [0.1, 0.15) is 11.9 Å². The predicted molar refractivity (Wildman–Crippen MR) is 102 cm³/mol. The molecule has 0 aliphatic heterocycles. The molecule has 2 aromatic carbocycles. The number of benzene rings is 2. The van der Waals surface area contributed by atoms with Crippen LogP contribution >= 0.6 is 11.9 Å². The third-order valence-electron chi connectivity index (χ3n) is 3.45. The van der Waals surface area contributed by atoms with Gasteiger partial charge in [0, 0.05) is 11.8 Å². The minimum absolute atomic E-state index is 0.118. The van der Waals surface area contributed by atoms with Gasteiger partial charge in [-0.3, -0.25) is 4.72 Å². The summed E-state index contributed by atoms with van der Waals surface area (Å²) < 4.78 is 9.25. The molecule has 0 aliphatic carbocycles. The van der Waals surface area contributed by atoms with Crippen LogP contribution in [-0.4, -0.2) is 17.9 Å². The highest BCUT2D eigenvalue weighted by molar-refractivity contribution is 7.97. The van der Waals surface area contributed by atoms with E-state index >= 15 is 0 Å². The molecule has 0 saturated heterocycles. The monoisotopic (exact) mass is 340 g/mol. The van der Waals surface area contributed by atoms with Gasteiger partial charge in [0.15, 0.2) is 0 Å². The molecule has 1 N–H and O–H groups in total. The van der Waals surface area contributed by atoms with Crippen molar-refractivity contribution >= 4 is 11.9 Å². The van der Waals surface area contributed by atoms with Crippen LogP contribution in [-0.2, 0) is 6.42 Å². The Morgan fingerprint density at radius 3 is 2.12 bits per heavy atom. The van der Waals surface area contributed by atoms with Gasteiger partial charge in [-0.2, -0.15) is 5.26 Å². The highest BCUT2D eigenvalue weighted by Gasteiger charge is 2.05. The van der Waals surface area contributed by atoms with E-state index in [1.807, 2.05) is 24.3 Å². The minimum atomic E-state index is 0.118. The van der Waals surface area contributed by atoms with Crippen LogP contribution in [0.5, 0.6) is 5.75 Å². The molecule has 0 radical (unpaired) electrons. The van der Waals surface area contributed by atoms with E-state index in [1.165, 1.54) is 0 Å². The molecule has 2 aromatic rings. The lowest BCUT2D eigenvalue weighted by molar-refractivity contribution is 0.226. The number of rotatable bonds is 8. The summed E-state index contributed by atoms with van der Waals surface area (Å²) in [6.45, 7) is 7.20. The van der Waals surface area contributed by atoms with Gasteiger partial charge >= 0.3 is 0 Å². The van der Waals surface area contributed by atoms with Crippen molar-refractivity contribution in [2.24, 2.45) is 0 Å². The summed E-state index contributed by atoms with van der Waals surface area (Å²) >= 11 is 1.72. The van der Waals surface area contributed by atoms with Crippen molar-refractivity contribution in [2.75, 3.05) is 6.54 Å². The number of nitrogens with zero attached hydrogens (tertiary/aromatic N) is 1. The minimum Gasteiger partial charge on any atom is -0.489 e. The lowest BCUT2D eigenvalue weighted by Gasteiger charge is -2.16. The van der Waals surface area contributed by atoms with Crippen LogP contribution in [0, 0.1) is 11.3 Å². The van der Waals surface area contributed by atoms with Crippen molar-refractivity contribution < 1.29 is 4.74 Å². The van der Waals surface area contributed by atoms with Crippen molar-refractivity contribution in [3.8, 4) is 22.9 Å². The van der Waals surface area contributed by atoms with Gasteiger partial charge in [0.05, 0.1) is 12.5 Å². The van der Waals surface area contributed by atoms with Crippen LogP contribution in [0.1, 0.15) is 26.3 Å². The van der Waals surface area contributed by atoms with E-state index in [9.17, 15) is 0 Å². The summed E-state index contributed by atoms with van der Waals surface area (Å²) in [5, 5.41) is 9.29. The standard InChI is InChI=1S/C20H24N2OS/c1-15(2)24-22-14-16(3)23-20-10-8-19(9-11-20)18-6-4-17(5-7-18)12-13-21/h4-11,15-16,22H,12,14H2,1-3H3. The molecule has 0 fully saturated rings. The first kappa shape index (κ1) is 18.4. The second-order valence-corrected chi connectivity index (χ2v) is 7.47. The van der Waals surface area contributed by atoms with Crippen LogP contribution in [0.25, 0.3) is 11.1 Å². The van der Waals surface area contributed by atoms with E-state index in [0.717, 1.165) is 29.0 Å². The first-order valence-electron chi connectivity index (χ1n) is 8.20. The maximum Gasteiger partial charge on any atom is 0.119 e. The molecule has 0 heterocycles. The van der Waals surface area contributed by atoms with Gasteiger partial charge in [0.2, 0.25) is 0 Å². The molecule has 1 atom stereocenters.